The smallest absolute Gasteiger partial charge is 0.151 e. The molecule has 16 heavy (non-hydrogen) atoms. The Kier molecular flexibility index (Phi) is 8.95. The van der Waals surface area contributed by atoms with Gasteiger partial charge in [-0.15, -0.1) is 6.58 Å². The van der Waals surface area contributed by atoms with E-state index in [1.165, 1.54) is 50.9 Å². The molecule has 0 N–H and O–H groups in total. The molecular weight excluding hydrogens is 210 g/mol. The summed E-state index contributed by atoms with van der Waals surface area (Å²) in [5, 5.41) is 0. The van der Waals surface area contributed by atoms with Crippen molar-refractivity contribution in [2.24, 2.45) is 0 Å². The standard InChI is InChI=1S/C14H31NSi/c1-6-11-13-15(14-12-7-2)16(8-3,9-4)10-5/h8H,3,6-7,9-14H2,1-2,4-5H3. The monoisotopic (exact) mass is 241 g/mol. The average Bonchev–Trinajstić information content (AvgIpc) is 2.34. The molecule has 0 aromatic rings. The molecule has 0 aliphatic carbocycles. The summed E-state index contributed by atoms with van der Waals surface area (Å²) in [5.74, 6) is 0. The molecule has 0 atom stereocenters. The van der Waals surface area contributed by atoms with Gasteiger partial charge in [0.1, 0.15) is 0 Å². The minimum atomic E-state index is -1.32. The van der Waals surface area contributed by atoms with Gasteiger partial charge >= 0.3 is 0 Å². The highest BCUT2D eigenvalue weighted by Crippen LogP contribution is 2.22. The largest absolute Gasteiger partial charge is 0.320 e. The Balaban J connectivity index is 4.58. The minimum Gasteiger partial charge on any atom is -0.320 e. The van der Waals surface area contributed by atoms with Gasteiger partial charge in [-0.05, 0) is 38.0 Å². The highest BCUT2D eigenvalue weighted by Gasteiger charge is 2.32. The molecule has 0 unspecified atom stereocenters. The average molecular weight is 241 g/mol. The Bertz CT molecular complexity index is 168. The number of nitrogens with zero attached hydrogens (tertiary/aromatic N) is 1. The second-order valence-corrected chi connectivity index (χ2v) is 9.37. The fourth-order valence-electron chi connectivity index (χ4n) is 2.37. The zero-order valence-corrected chi connectivity index (χ0v) is 12.9. The molecule has 0 rings (SSSR count). The summed E-state index contributed by atoms with van der Waals surface area (Å²) in [6.45, 7) is 16.0. The van der Waals surface area contributed by atoms with Crippen LogP contribution in [0.25, 0.3) is 0 Å². The minimum absolute atomic E-state index is 1.29. The summed E-state index contributed by atoms with van der Waals surface area (Å²) in [5.41, 5.74) is 2.32. The van der Waals surface area contributed by atoms with Crippen LogP contribution in [0.1, 0.15) is 53.4 Å². The van der Waals surface area contributed by atoms with E-state index in [9.17, 15) is 0 Å². The topological polar surface area (TPSA) is 3.24 Å². The van der Waals surface area contributed by atoms with Crippen LogP contribution in [0.4, 0.5) is 0 Å². The Labute approximate surface area is 104 Å². The summed E-state index contributed by atoms with van der Waals surface area (Å²) < 4.78 is 2.80. The van der Waals surface area contributed by atoms with Crippen LogP contribution in [0.2, 0.25) is 12.1 Å². The Hall–Kier alpha value is -0.0831. The van der Waals surface area contributed by atoms with Crippen LogP contribution in [0.3, 0.4) is 0 Å². The first kappa shape index (κ1) is 15.9. The lowest BCUT2D eigenvalue weighted by Crippen LogP contribution is -2.52. The Morgan fingerprint density at radius 2 is 1.38 bits per heavy atom. The van der Waals surface area contributed by atoms with Crippen molar-refractivity contribution in [3.8, 4) is 0 Å². The predicted molar refractivity (Wildman–Crippen MR) is 78.3 cm³/mol. The second-order valence-electron chi connectivity index (χ2n) is 4.71. The molecule has 0 heterocycles. The maximum absolute atomic E-state index is 4.13. The first-order valence-electron chi connectivity index (χ1n) is 7.09. The number of unbranched alkanes of at least 4 members (excludes halogenated alkanes) is 2. The highest BCUT2D eigenvalue weighted by atomic mass is 28.3. The summed E-state index contributed by atoms with van der Waals surface area (Å²) in [6.07, 6.45) is 5.29. The van der Waals surface area contributed by atoms with Crippen molar-refractivity contribution >= 4 is 8.24 Å². The fraction of sp³-hybridized carbons (Fsp3) is 0.857. The van der Waals surface area contributed by atoms with Crippen LogP contribution < -0.4 is 0 Å². The molecule has 0 aromatic heterocycles. The van der Waals surface area contributed by atoms with E-state index in [1.54, 1.807) is 0 Å². The molecule has 96 valence electrons. The van der Waals surface area contributed by atoms with Gasteiger partial charge in [-0.25, -0.2) is 0 Å². The molecule has 0 saturated carbocycles. The molecule has 0 amide bonds. The lowest BCUT2D eigenvalue weighted by Gasteiger charge is -2.39. The maximum atomic E-state index is 4.13. The highest BCUT2D eigenvalue weighted by molar-refractivity contribution is 6.81. The summed E-state index contributed by atoms with van der Waals surface area (Å²) in [6, 6.07) is 2.64. The predicted octanol–water partition coefficient (Wildman–Crippen LogP) is 4.60. The zero-order valence-electron chi connectivity index (χ0n) is 11.9. The molecule has 0 radical (unpaired) electrons. The van der Waals surface area contributed by atoms with Crippen LogP contribution in [0.5, 0.6) is 0 Å². The zero-order chi connectivity index (χ0) is 12.4. The van der Waals surface area contributed by atoms with Crippen LogP contribution in [0.15, 0.2) is 12.3 Å². The fourth-order valence-corrected chi connectivity index (χ4v) is 5.81. The van der Waals surface area contributed by atoms with Gasteiger partial charge in [0, 0.05) is 0 Å². The lowest BCUT2D eigenvalue weighted by molar-refractivity contribution is 0.398. The van der Waals surface area contributed by atoms with E-state index >= 15 is 0 Å². The van der Waals surface area contributed by atoms with Crippen LogP contribution in [0, 0.1) is 0 Å². The molecule has 1 nitrogen and oxygen atoms in total. The summed E-state index contributed by atoms with van der Waals surface area (Å²) >= 11 is 0. The van der Waals surface area contributed by atoms with E-state index in [4.69, 9.17) is 0 Å². The number of rotatable bonds is 10. The maximum Gasteiger partial charge on any atom is 0.151 e. The lowest BCUT2D eigenvalue weighted by atomic mass is 10.3. The Morgan fingerprint density at radius 1 is 0.938 bits per heavy atom. The van der Waals surface area contributed by atoms with Gasteiger partial charge in [0.2, 0.25) is 0 Å². The molecule has 0 aromatic carbocycles. The van der Waals surface area contributed by atoms with E-state index in [0.29, 0.717) is 0 Å². The SMILES string of the molecule is C=C[Si](CC)(CC)N(CCCC)CCCC. The van der Waals surface area contributed by atoms with Gasteiger partial charge in [-0.1, -0.05) is 46.2 Å². The quantitative estimate of drug-likeness (QED) is 0.505. The van der Waals surface area contributed by atoms with Crippen LogP contribution >= 0.6 is 0 Å². The summed E-state index contributed by atoms with van der Waals surface area (Å²) in [4.78, 5) is 0. The van der Waals surface area contributed by atoms with Crippen molar-refractivity contribution < 1.29 is 0 Å². The molecule has 0 aliphatic rings. The summed E-state index contributed by atoms with van der Waals surface area (Å²) in [7, 11) is -1.32. The van der Waals surface area contributed by atoms with E-state index in [2.05, 4.69) is 44.5 Å². The third kappa shape index (κ3) is 4.42. The molecular formula is C14H31NSi. The second kappa shape index (κ2) is 9.00. The first-order valence-corrected chi connectivity index (χ1v) is 9.53. The molecule has 0 spiro atoms. The van der Waals surface area contributed by atoms with Crippen molar-refractivity contribution in [2.75, 3.05) is 13.1 Å². The Morgan fingerprint density at radius 3 is 1.62 bits per heavy atom. The van der Waals surface area contributed by atoms with Crippen LogP contribution in [-0.2, 0) is 0 Å². The van der Waals surface area contributed by atoms with Crippen molar-refractivity contribution in [1.82, 2.24) is 4.57 Å². The molecule has 0 bridgehead atoms. The van der Waals surface area contributed by atoms with Crippen molar-refractivity contribution in [3.05, 3.63) is 12.3 Å². The third-order valence-corrected chi connectivity index (χ3v) is 8.71. The van der Waals surface area contributed by atoms with Crippen molar-refractivity contribution in [1.29, 1.82) is 0 Å². The van der Waals surface area contributed by atoms with E-state index < -0.39 is 8.24 Å². The number of hydrogen-bond acceptors (Lipinski definition) is 1. The molecule has 0 aliphatic heterocycles. The van der Waals surface area contributed by atoms with Crippen molar-refractivity contribution in [2.45, 2.75) is 65.5 Å². The van der Waals surface area contributed by atoms with E-state index in [1.807, 2.05) is 0 Å². The van der Waals surface area contributed by atoms with Gasteiger partial charge in [-0.3, -0.25) is 0 Å². The molecule has 0 saturated heterocycles. The van der Waals surface area contributed by atoms with Gasteiger partial charge in [-0.2, -0.15) is 0 Å². The van der Waals surface area contributed by atoms with E-state index in [-0.39, 0.29) is 0 Å². The van der Waals surface area contributed by atoms with Gasteiger partial charge in [0.25, 0.3) is 0 Å². The van der Waals surface area contributed by atoms with Gasteiger partial charge < -0.3 is 4.57 Å². The third-order valence-electron chi connectivity index (χ3n) is 3.80. The molecule has 2 heteroatoms. The van der Waals surface area contributed by atoms with Crippen molar-refractivity contribution in [3.63, 3.8) is 0 Å². The number of hydrogen-bond donors (Lipinski definition) is 0. The molecule has 0 fully saturated rings. The van der Waals surface area contributed by atoms with Gasteiger partial charge in [0.05, 0.1) is 0 Å². The van der Waals surface area contributed by atoms with Gasteiger partial charge in [0.15, 0.2) is 8.24 Å². The van der Waals surface area contributed by atoms with Crippen LogP contribution in [-0.4, -0.2) is 25.9 Å². The first-order chi connectivity index (χ1) is 7.70. The normalized spacial score (nSPS) is 12.1. The van der Waals surface area contributed by atoms with E-state index in [0.717, 1.165) is 0 Å².